The second-order valence-corrected chi connectivity index (χ2v) is 8.18. The monoisotopic (exact) mass is 440 g/mol. The average Bonchev–Trinajstić information content (AvgIpc) is 3.09. The summed E-state index contributed by atoms with van der Waals surface area (Å²) in [4.78, 5) is 12.3. The molecule has 0 saturated heterocycles. The Morgan fingerprint density at radius 2 is 1.82 bits per heavy atom. The number of anilines is 2. The molecule has 0 fully saturated rings. The van der Waals surface area contributed by atoms with Gasteiger partial charge in [0, 0.05) is 11.9 Å². The van der Waals surface area contributed by atoms with Gasteiger partial charge >= 0.3 is 0 Å². The van der Waals surface area contributed by atoms with E-state index in [2.05, 4.69) is 25.3 Å². The number of hydrogen-bond donors (Lipinski definition) is 2. The Kier molecular flexibility index (Phi) is 5.82. The molecule has 3 rings (SSSR count). The highest BCUT2D eigenvalue weighted by Gasteiger charge is 2.18. The lowest BCUT2D eigenvalue weighted by Crippen LogP contribution is -2.24. The second kappa shape index (κ2) is 8.13. The van der Waals surface area contributed by atoms with Crippen LogP contribution in [0.15, 0.2) is 53.7 Å². The number of halogens is 2. The largest absolute Gasteiger partial charge is 0.324 e. The van der Waals surface area contributed by atoms with Crippen LogP contribution in [0, 0.1) is 0 Å². The van der Waals surface area contributed by atoms with E-state index in [0.29, 0.717) is 10.7 Å². The number of rotatable bonds is 6. The van der Waals surface area contributed by atoms with Gasteiger partial charge in [-0.25, -0.2) is 8.42 Å². The van der Waals surface area contributed by atoms with Crippen LogP contribution in [0.5, 0.6) is 0 Å². The van der Waals surface area contributed by atoms with Crippen molar-refractivity contribution in [1.82, 2.24) is 20.0 Å². The van der Waals surface area contributed by atoms with Crippen molar-refractivity contribution in [2.75, 3.05) is 10.0 Å². The first-order chi connectivity index (χ1) is 13.2. The smallest absolute Gasteiger partial charge is 0.263 e. The first-order valence-electron chi connectivity index (χ1n) is 7.87. The standard InChI is InChI=1S/C16H14Cl2N6O3S/c1-10(24-9-11(17)8-19-24)16(25)20-12-2-4-13(5-3-12)28(26,27)23-15-7-6-14(18)21-22-15/h2-10H,1H3,(H,20,25)(H,22,23). The fourth-order valence-corrected chi connectivity index (χ4v) is 3.42. The highest BCUT2D eigenvalue weighted by molar-refractivity contribution is 7.92. The van der Waals surface area contributed by atoms with Gasteiger partial charge in [-0.2, -0.15) is 5.10 Å². The van der Waals surface area contributed by atoms with Crippen LogP contribution < -0.4 is 10.0 Å². The third-order valence-electron chi connectivity index (χ3n) is 3.65. The normalized spacial score (nSPS) is 12.4. The first kappa shape index (κ1) is 20.1. The van der Waals surface area contributed by atoms with E-state index >= 15 is 0 Å². The van der Waals surface area contributed by atoms with Gasteiger partial charge in [0.25, 0.3) is 10.0 Å². The molecule has 1 aromatic carbocycles. The molecule has 0 aliphatic rings. The van der Waals surface area contributed by atoms with Crippen molar-refractivity contribution in [3.8, 4) is 0 Å². The van der Waals surface area contributed by atoms with Crippen LogP contribution in [0.3, 0.4) is 0 Å². The van der Waals surface area contributed by atoms with Gasteiger partial charge in [0.15, 0.2) is 11.0 Å². The zero-order chi connectivity index (χ0) is 20.3. The highest BCUT2D eigenvalue weighted by atomic mass is 35.5. The Bertz CT molecular complexity index is 1080. The van der Waals surface area contributed by atoms with Crippen molar-refractivity contribution in [2.24, 2.45) is 0 Å². The summed E-state index contributed by atoms with van der Waals surface area (Å²) in [5.41, 5.74) is 0.431. The summed E-state index contributed by atoms with van der Waals surface area (Å²) in [5.74, 6) is -0.293. The molecular weight excluding hydrogens is 427 g/mol. The van der Waals surface area contributed by atoms with Crippen LogP contribution >= 0.6 is 23.2 Å². The lowest BCUT2D eigenvalue weighted by atomic mass is 10.2. The first-order valence-corrected chi connectivity index (χ1v) is 10.1. The third kappa shape index (κ3) is 4.77. The Balaban J connectivity index is 1.68. The van der Waals surface area contributed by atoms with E-state index in [0.717, 1.165) is 0 Å². The molecule has 1 amide bonds. The molecule has 2 aromatic heterocycles. The number of carbonyl (C=O) groups is 1. The van der Waals surface area contributed by atoms with E-state index in [9.17, 15) is 13.2 Å². The van der Waals surface area contributed by atoms with Crippen LogP contribution in [-0.2, 0) is 14.8 Å². The minimum Gasteiger partial charge on any atom is -0.324 e. The number of benzene rings is 1. The van der Waals surface area contributed by atoms with Gasteiger partial charge < -0.3 is 5.32 Å². The molecule has 146 valence electrons. The molecule has 0 radical (unpaired) electrons. The number of carbonyl (C=O) groups excluding carboxylic acids is 1. The minimum atomic E-state index is -3.87. The van der Waals surface area contributed by atoms with Gasteiger partial charge in [0.05, 0.1) is 16.1 Å². The summed E-state index contributed by atoms with van der Waals surface area (Å²) in [7, 11) is -3.87. The predicted octanol–water partition coefficient (Wildman–Crippen LogP) is 2.98. The van der Waals surface area contributed by atoms with Gasteiger partial charge in [-0.3, -0.25) is 14.2 Å². The van der Waals surface area contributed by atoms with Gasteiger partial charge in [-0.05, 0) is 43.3 Å². The lowest BCUT2D eigenvalue weighted by Gasteiger charge is -2.13. The van der Waals surface area contributed by atoms with Gasteiger partial charge in [-0.15, -0.1) is 10.2 Å². The van der Waals surface area contributed by atoms with Gasteiger partial charge in [-0.1, -0.05) is 23.2 Å². The summed E-state index contributed by atoms with van der Waals surface area (Å²) in [6.45, 7) is 1.66. The molecule has 1 atom stereocenters. The Morgan fingerprint density at radius 3 is 2.39 bits per heavy atom. The lowest BCUT2D eigenvalue weighted by molar-refractivity contribution is -0.119. The summed E-state index contributed by atoms with van der Waals surface area (Å²) < 4.78 is 28.5. The number of amides is 1. The van der Waals surface area contributed by atoms with Crippen LogP contribution in [0.25, 0.3) is 0 Å². The molecule has 12 heteroatoms. The zero-order valence-corrected chi connectivity index (χ0v) is 16.7. The number of hydrogen-bond acceptors (Lipinski definition) is 6. The van der Waals surface area contributed by atoms with Crippen molar-refractivity contribution in [1.29, 1.82) is 0 Å². The van der Waals surface area contributed by atoms with E-state index in [4.69, 9.17) is 23.2 Å². The fourth-order valence-electron chi connectivity index (χ4n) is 2.18. The van der Waals surface area contributed by atoms with Crippen LogP contribution in [0.4, 0.5) is 11.5 Å². The second-order valence-electron chi connectivity index (χ2n) is 5.67. The predicted molar refractivity (Wildman–Crippen MR) is 105 cm³/mol. The molecule has 0 aliphatic heterocycles. The maximum absolute atomic E-state index is 12.4. The van der Waals surface area contributed by atoms with Crippen LogP contribution in [0.1, 0.15) is 13.0 Å². The van der Waals surface area contributed by atoms with Gasteiger partial charge in [0.2, 0.25) is 5.91 Å². The van der Waals surface area contributed by atoms with E-state index in [-0.39, 0.29) is 21.8 Å². The summed E-state index contributed by atoms with van der Waals surface area (Å²) in [5, 5.41) is 14.5. The van der Waals surface area contributed by atoms with Crippen molar-refractivity contribution in [3.05, 3.63) is 59.0 Å². The minimum absolute atomic E-state index is 0.00541. The van der Waals surface area contributed by atoms with E-state index in [1.807, 2.05) is 0 Å². The van der Waals surface area contributed by atoms with E-state index in [1.54, 1.807) is 6.92 Å². The maximum atomic E-state index is 12.4. The van der Waals surface area contributed by atoms with Crippen molar-refractivity contribution >= 4 is 50.6 Å². The molecule has 0 spiro atoms. The fraction of sp³-hybridized carbons (Fsp3) is 0.125. The molecule has 0 aliphatic carbocycles. The van der Waals surface area contributed by atoms with Crippen molar-refractivity contribution in [3.63, 3.8) is 0 Å². The molecule has 0 bridgehead atoms. The zero-order valence-electron chi connectivity index (χ0n) is 14.4. The Labute approximate surface area is 170 Å². The molecule has 0 saturated carbocycles. The molecule has 28 heavy (non-hydrogen) atoms. The van der Waals surface area contributed by atoms with E-state index in [1.165, 1.54) is 53.5 Å². The molecule has 3 aromatic rings. The molecular formula is C16H14Cl2N6O3S. The van der Waals surface area contributed by atoms with E-state index < -0.39 is 16.1 Å². The molecule has 2 heterocycles. The summed E-state index contributed by atoms with van der Waals surface area (Å²) in [6.07, 6.45) is 2.97. The van der Waals surface area contributed by atoms with Crippen LogP contribution in [-0.4, -0.2) is 34.3 Å². The average molecular weight is 441 g/mol. The Morgan fingerprint density at radius 1 is 1.11 bits per heavy atom. The number of nitrogens with one attached hydrogen (secondary N) is 2. The maximum Gasteiger partial charge on any atom is 0.263 e. The number of sulfonamides is 1. The molecule has 2 N–H and O–H groups in total. The summed E-state index contributed by atoms with van der Waals surface area (Å²) in [6, 6.07) is 7.88. The van der Waals surface area contributed by atoms with Crippen LogP contribution in [0.2, 0.25) is 10.2 Å². The van der Waals surface area contributed by atoms with Crippen molar-refractivity contribution < 1.29 is 13.2 Å². The molecule has 9 nitrogen and oxygen atoms in total. The molecule has 1 unspecified atom stereocenters. The number of aromatic nitrogens is 4. The topological polar surface area (TPSA) is 119 Å². The highest BCUT2D eigenvalue weighted by Crippen LogP contribution is 2.19. The number of nitrogens with zero attached hydrogens (tertiary/aromatic N) is 4. The van der Waals surface area contributed by atoms with Gasteiger partial charge in [0.1, 0.15) is 6.04 Å². The summed E-state index contributed by atoms with van der Waals surface area (Å²) >= 11 is 11.4. The third-order valence-corrected chi connectivity index (χ3v) is 5.42. The SMILES string of the molecule is CC(C(=O)Nc1ccc(S(=O)(=O)Nc2ccc(Cl)nn2)cc1)n1cc(Cl)cn1. The quantitative estimate of drug-likeness (QED) is 0.607. The Hall–Kier alpha value is -2.69. The van der Waals surface area contributed by atoms with Crippen molar-refractivity contribution in [2.45, 2.75) is 17.9 Å².